The van der Waals surface area contributed by atoms with Crippen molar-refractivity contribution in [3.05, 3.63) is 139 Å². The molecule has 2 aliphatic rings. The number of hydrogen-bond donors (Lipinski definition) is 0. The number of benzene rings is 7. The molecule has 0 atom stereocenters. The van der Waals surface area contributed by atoms with Crippen molar-refractivity contribution in [3.8, 4) is 39.1 Å². The molecule has 2 aliphatic carbocycles. The summed E-state index contributed by atoms with van der Waals surface area (Å²) in [7, 11) is 0. The lowest BCUT2D eigenvalue weighted by Gasteiger charge is -2.22. The highest BCUT2D eigenvalue weighted by Crippen LogP contribution is 2.54. The fourth-order valence-corrected chi connectivity index (χ4v) is 8.21. The summed E-state index contributed by atoms with van der Waals surface area (Å²) in [5.74, 6) is 0. The van der Waals surface area contributed by atoms with E-state index in [0.29, 0.717) is 0 Å². The van der Waals surface area contributed by atoms with E-state index in [1.165, 1.54) is 93.5 Å². The number of hydrogen-bond acceptors (Lipinski definition) is 0. The number of aromatic nitrogens is 1. The lowest BCUT2D eigenvalue weighted by molar-refractivity contribution is 0.661. The lowest BCUT2D eigenvalue weighted by Crippen LogP contribution is -2.15. The van der Waals surface area contributed by atoms with Gasteiger partial charge in [-0.15, -0.1) is 0 Å². The molecule has 1 heterocycles. The van der Waals surface area contributed by atoms with Crippen LogP contribution in [0.5, 0.6) is 0 Å². The van der Waals surface area contributed by atoms with Crippen molar-refractivity contribution in [2.75, 3.05) is 0 Å². The molecule has 0 bridgehead atoms. The Hall–Kier alpha value is -5.14. The van der Waals surface area contributed by atoms with Gasteiger partial charge in [-0.3, -0.25) is 0 Å². The Labute approximate surface area is 244 Å². The fraction of sp³-hybridized carbons (Fsp3) is 0.0732. The fourth-order valence-electron chi connectivity index (χ4n) is 8.21. The van der Waals surface area contributed by atoms with Crippen LogP contribution >= 0.6 is 0 Å². The summed E-state index contributed by atoms with van der Waals surface area (Å²) in [6.45, 7) is 4.78. The molecule has 42 heavy (non-hydrogen) atoms. The van der Waals surface area contributed by atoms with Gasteiger partial charge in [0.25, 0.3) is 0 Å². The zero-order valence-electron chi connectivity index (χ0n) is 23.6. The van der Waals surface area contributed by atoms with Crippen molar-refractivity contribution in [3.63, 3.8) is 0 Å². The Morgan fingerprint density at radius 2 is 1.14 bits per heavy atom. The monoisotopic (exact) mass is 533 g/mol. The van der Waals surface area contributed by atoms with Crippen LogP contribution in [-0.4, -0.2) is 4.57 Å². The number of fused-ring (bicyclic) bond motifs is 11. The number of para-hydroxylation sites is 1. The molecule has 0 fully saturated rings. The summed E-state index contributed by atoms with van der Waals surface area (Å²) in [4.78, 5) is 0. The maximum Gasteiger partial charge on any atom is 0.0544 e. The second-order valence-electron chi connectivity index (χ2n) is 12.5. The first-order chi connectivity index (χ1) is 20.6. The maximum absolute atomic E-state index is 2.52. The largest absolute Gasteiger partial charge is 0.309 e. The van der Waals surface area contributed by atoms with Gasteiger partial charge >= 0.3 is 0 Å². The lowest BCUT2D eigenvalue weighted by atomic mass is 9.82. The molecule has 0 amide bonds. The van der Waals surface area contributed by atoms with Crippen LogP contribution in [0.3, 0.4) is 0 Å². The van der Waals surface area contributed by atoms with Crippen LogP contribution in [0.4, 0.5) is 0 Å². The summed E-state index contributed by atoms with van der Waals surface area (Å²) < 4.78 is 2.52. The third-order valence-corrected chi connectivity index (χ3v) is 10.1. The topological polar surface area (TPSA) is 4.93 Å². The molecular weight excluding hydrogens is 506 g/mol. The van der Waals surface area contributed by atoms with Gasteiger partial charge in [0.15, 0.2) is 0 Å². The number of rotatable bonds is 1. The minimum atomic E-state index is -0.0895. The predicted molar refractivity (Wildman–Crippen MR) is 178 cm³/mol. The average molecular weight is 534 g/mol. The van der Waals surface area contributed by atoms with E-state index in [1.807, 2.05) is 0 Å². The third-order valence-electron chi connectivity index (χ3n) is 10.1. The van der Waals surface area contributed by atoms with E-state index in [-0.39, 0.29) is 5.41 Å². The van der Waals surface area contributed by atoms with Crippen molar-refractivity contribution in [1.29, 1.82) is 0 Å². The quantitative estimate of drug-likeness (QED) is 0.198. The smallest absolute Gasteiger partial charge is 0.0544 e. The molecule has 0 unspecified atom stereocenters. The summed E-state index contributed by atoms with van der Waals surface area (Å²) in [6.07, 6.45) is 0. The molecule has 0 saturated carbocycles. The van der Waals surface area contributed by atoms with Gasteiger partial charge in [-0.1, -0.05) is 117 Å². The van der Waals surface area contributed by atoms with Crippen LogP contribution in [0.15, 0.2) is 127 Å². The van der Waals surface area contributed by atoms with Gasteiger partial charge in [0.1, 0.15) is 0 Å². The minimum absolute atomic E-state index is 0.0895. The molecule has 0 aliphatic heterocycles. The maximum atomic E-state index is 2.52. The molecule has 10 rings (SSSR count). The third kappa shape index (κ3) is 2.61. The molecule has 1 heteroatoms. The van der Waals surface area contributed by atoms with E-state index in [4.69, 9.17) is 0 Å². The van der Waals surface area contributed by atoms with Crippen molar-refractivity contribution < 1.29 is 0 Å². The Bertz CT molecular complexity index is 2460. The highest BCUT2D eigenvalue weighted by atomic mass is 15.0. The molecular formula is C41H27N. The van der Waals surface area contributed by atoms with Gasteiger partial charge in [0.05, 0.1) is 16.7 Å². The van der Waals surface area contributed by atoms with Crippen LogP contribution in [0.1, 0.15) is 25.0 Å². The normalized spacial score (nSPS) is 14.1. The molecule has 7 aromatic carbocycles. The molecule has 0 spiro atoms. The summed E-state index contributed by atoms with van der Waals surface area (Å²) in [5.41, 5.74) is 14.6. The van der Waals surface area contributed by atoms with Gasteiger partial charge in [0, 0.05) is 21.6 Å². The van der Waals surface area contributed by atoms with Crippen LogP contribution in [0, 0.1) is 0 Å². The summed E-state index contributed by atoms with van der Waals surface area (Å²) in [6, 6.07) is 47.7. The molecule has 8 aromatic rings. The Morgan fingerprint density at radius 1 is 0.452 bits per heavy atom. The first-order valence-corrected chi connectivity index (χ1v) is 14.9. The van der Waals surface area contributed by atoms with Crippen LogP contribution in [-0.2, 0) is 5.41 Å². The van der Waals surface area contributed by atoms with Gasteiger partial charge in [-0.05, 0) is 84.9 Å². The zero-order chi connectivity index (χ0) is 27.7. The van der Waals surface area contributed by atoms with Gasteiger partial charge in [-0.25, -0.2) is 0 Å². The first kappa shape index (κ1) is 22.5. The summed E-state index contributed by atoms with van der Waals surface area (Å²) in [5, 5.41) is 7.93. The van der Waals surface area contributed by atoms with Crippen molar-refractivity contribution >= 4 is 43.4 Å². The standard InChI is InChI=1S/C41H27N/c1-41(2)34-20-18-24-10-3-4-11-25(24)40(34)33-22-32-28-14-7-8-17-36(28)42(38(32)23-35(33)41)37-21-19-30-27-13-6-5-12-26(27)29-15-9-16-31(37)39(29)30/h3-23H,1-2H3. The molecule has 0 N–H and O–H groups in total. The average Bonchev–Trinajstić information content (AvgIpc) is 3.61. The summed E-state index contributed by atoms with van der Waals surface area (Å²) >= 11 is 0. The highest BCUT2D eigenvalue weighted by Gasteiger charge is 2.37. The Morgan fingerprint density at radius 3 is 2.00 bits per heavy atom. The second kappa shape index (κ2) is 7.57. The number of nitrogens with zero attached hydrogens (tertiary/aromatic N) is 1. The van der Waals surface area contributed by atoms with Crippen LogP contribution in [0.2, 0.25) is 0 Å². The zero-order valence-corrected chi connectivity index (χ0v) is 23.6. The van der Waals surface area contributed by atoms with E-state index >= 15 is 0 Å². The van der Waals surface area contributed by atoms with Gasteiger partial charge in [0.2, 0.25) is 0 Å². The molecule has 1 nitrogen and oxygen atoms in total. The molecule has 196 valence electrons. The highest BCUT2D eigenvalue weighted by molar-refractivity contribution is 6.19. The van der Waals surface area contributed by atoms with Gasteiger partial charge < -0.3 is 4.57 Å². The van der Waals surface area contributed by atoms with E-state index in [2.05, 4.69) is 146 Å². The molecule has 1 aromatic heterocycles. The predicted octanol–water partition coefficient (Wildman–Crippen LogP) is 11.0. The Balaban J connectivity index is 1.33. The first-order valence-electron chi connectivity index (χ1n) is 14.9. The van der Waals surface area contributed by atoms with Crippen molar-refractivity contribution in [2.45, 2.75) is 19.3 Å². The van der Waals surface area contributed by atoms with E-state index in [9.17, 15) is 0 Å². The minimum Gasteiger partial charge on any atom is -0.309 e. The van der Waals surface area contributed by atoms with Crippen molar-refractivity contribution in [1.82, 2.24) is 4.57 Å². The molecule has 0 saturated heterocycles. The van der Waals surface area contributed by atoms with Crippen LogP contribution < -0.4 is 0 Å². The Kier molecular flexibility index (Phi) is 4.06. The van der Waals surface area contributed by atoms with Gasteiger partial charge in [-0.2, -0.15) is 0 Å². The van der Waals surface area contributed by atoms with E-state index in [1.54, 1.807) is 0 Å². The SMILES string of the molecule is CC1(C)c2cc3c(cc2-c2c1ccc1ccccc21)c1ccccc1n3-c1ccc2c3c(cccc13)-c1ccccc1-2. The van der Waals surface area contributed by atoms with E-state index < -0.39 is 0 Å². The second-order valence-corrected chi connectivity index (χ2v) is 12.5. The molecule has 0 radical (unpaired) electrons. The van der Waals surface area contributed by atoms with E-state index in [0.717, 1.165) is 0 Å². The van der Waals surface area contributed by atoms with Crippen LogP contribution in [0.25, 0.3) is 82.4 Å². The van der Waals surface area contributed by atoms with Crippen molar-refractivity contribution in [2.24, 2.45) is 0 Å².